The van der Waals surface area contributed by atoms with Crippen molar-refractivity contribution in [3.63, 3.8) is 0 Å². The van der Waals surface area contributed by atoms with Gasteiger partial charge in [-0.05, 0) is 44.4 Å². The Hall–Kier alpha value is 0.310. The van der Waals surface area contributed by atoms with Gasteiger partial charge in [-0.2, -0.15) is 11.8 Å². The summed E-state index contributed by atoms with van der Waals surface area (Å²) in [4.78, 5) is 0. The molecule has 0 heterocycles. The Labute approximate surface area is 112 Å². The zero-order valence-corrected chi connectivity index (χ0v) is 12.1. The van der Waals surface area contributed by atoms with E-state index in [1.165, 1.54) is 82.9 Å². The van der Waals surface area contributed by atoms with Crippen LogP contribution in [-0.2, 0) is 0 Å². The monoisotopic (exact) mass is 255 g/mol. The molecular weight excluding hydrogens is 226 g/mol. The molecule has 0 aromatic rings. The molecule has 2 aliphatic rings. The van der Waals surface area contributed by atoms with Crippen molar-refractivity contribution >= 4 is 11.8 Å². The van der Waals surface area contributed by atoms with Crippen LogP contribution in [0.5, 0.6) is 0 Å². The van der Waals surface area contributed by atoms with E-state index in [4.69, 9.17) is 0 Å². The highest BCUT2D eigenvalue weighted by Gasteiger charge is 2.14. The molecule has 17 heavy (non-hydrogen) atoms. The first-order valence-electron chi connectivity index (χ1n) is 7.80. The Morgan fingerprint density at radius 3 is 2.18 bits per heavy atom. The maximum Gasteiger partial charge on any atom is 0.00670 e. The molecule has 0 amide bonds. The molecule has 100 valence electrons. The molecule has 2 heteroatoms. The predicted molar refractivity (Wildman–Crippen MR) is 78.8 cm³/mol. The van der Waals surface area contributed by atoms with Crippen LogP contribution in [0.1, 0.15) is 70.6 Å². The van der Waals surface area contributed by atoms with Crippen LogP contribution in [0.4, 0.5) is 0 Å². The lowest BCUT2D eigenvalue weighted by Crippen LogP contribution is -2.32. The standard InChI is InChI=1S/C15H29NS/c1-3-8-14(9-4-1)16-12-7-13-17-15-10-5-2-6-11-15/h14-16H,1-13H2. The largest absolute Gasteiger partial charge is 0.314 e. The van der Waals surface area contributed by atoms with Gasteiger partial charge in [-0.1, -0.05) is 38.5 Å². The molecule has 2 rings (SSSR count). The van der Waals surface area contributed by atoms with Crippen LogP contribution < -0.4 is 5.32 Å². The summed E-state index contributed by atoms with van der Waals surface area (Å²) in [6.07, 6.45) is 16.0. The number of thioether (sulfide) groups is 1. The molecule has 0 aromatic heterocycles. The minimum absolute atomic E-state index is 0.850. The van der Waals surface area contributed by atoms with Gasteiger partial charge in [0.25, 0.3) is 0 Å². The molecule has 0 saturated heterocycles. The topological polar surface area (TPSA) is 12.0 Å². The van der Waals surface area contributed by atoms with Crippen molar-refractivity contribution in [2.75, 3.05) is 12.3 Å². The lowest BCUT2D eigenvalue weighted by atomic mass is 9.95. The highest BCUT2D eigenvalue weighted by atomic mass is 32.2. The third-order valence-electron chi connectivity index (χ3n) is 4.27. The van der Waals surface area contributed by atoms with Gasteiger partial charge >= 0.3 is 0 Å². The second-order valence-corrected chi connectivity index (χ2v) is 7.18. The van der Waals surface area contributed by atoms with E-state index in [1.807, 2.05) is 0 Å². The number of rotatable bonds is 6. The zero-order valence-electron chi connectivity index (χ0n) is 11.3. The van der Waals surface area contributed by atoms with Gasteiger partial charge in [-0.15, -0.1) is 0 Å². The van der Waals surface area contributed by atoms with E-state index in [0.29, 0.717) is 0 Å². The number of nitrogens with one attached hydrogen (secondary N) is 1. The Morgan fingerprint density at radius 2 is 1.47 bits per heavy atom. The molecule has 0 radical (unpaired) electrons. The van der Waals surface area contributed by atoms with Crippen molar-refractivity contribution in [2.45, 2.75) is 81.9 Å². The van der Waals surface area contributed by atoms with E-state index >= 15 is 0 Å². The minimum Gasteiger partial charge on any atom is -0.314 e. The average molecular weight is 255 g/mol. The Balaban J connectivity index is 1.42. The highest BCUT2D eigenvalue weighted by molar-refractivity contribution is 7.99. The molecule has 1 N–H and O–H groups in total. The first-order valence-corrected chi connectivity index (χ1v) is 8.85. The van der Waals surface area contributed by atoms with Gasteiger partial charge in [-0.25, -0.2) is 0 Å². The van der Waals surface area contributed by atoms with Crippen LogP contribution in [0.3, 0.4) is 0 Å². The molecule has 2 saturated carbocycles. The molecule has 0 unspecified atom stereocenters. The molecule has 0 bridgehead atoms. The van der Waals surface area contributed by atoms with Gasteiger partial charge in [0.2, 0.25) is 0 Å². The zero-order chi connectivity index (χ0) is 11.8. The summed E-state index contributed by atoms with van der Waals surface area (Å²) in [6, 6.07) is 0.850. The lowest BCUT2D eigenvalue weighted by Gasteiger charge is -2.23. The summed E-state index contributed by atoms with van der Waals surface area (Å²) in [6.45, 7) is 1.25. The van der Waals surface area contributed by atoms with Gasteiger partial charge in [0.15, 0.2) is 0 Å². The Bertz CT molecular complexity index is 163. The van der Waals surface area contributed by atoms with Gasteiger partial charge in [0.05, 0.1) is 0 Å². The van der Waals surface area contributed by atoms with Crippen LogP contribution in [0.25, 0.3) is 0 Å². The van der Waals surface area contributed by atoms with Gasteiger partial charge in [-0.3, -0.25) is 0 Å². The fraction of sp³-hybridized carbons (Fsp3) is 1.00. The Morgan fingerprint density at radius 1 is 0.824 bits per heavy atom. The van der Waals surface area contributed by atoms with E-state index in [0.717, 1.165) is 11.3 Å². The average Bonchev–Trinajstić information content (AvgIpc) is 2.41. The van der Waals surface area contributed by atoms with E-state index in [2.05, 4.69) is 17.1 Å². The SMILES string of the molecule is C1CCC(NCCCSC2CCCCC2)CC1. The smallest absolute Gasteiger partial charge is 0.00670 e. The first kappa shape index (κ1) is 13.7. The molecular formula is C15H29NS. The fourth-order valence-corrected chi connectivity index (χ4v) is 4.48. The quantitative estimate of drug-likeness (QED) is 0.708. The molecule has 1 nitrogen and oxygen atoms in total. The second-order valence-electron chi connectivity index (χ2n) is 5.77. The van der Waals surface area contributed by atoms with Crippen molar-refractivity contribution < 1.29 is 0 Å². The molecule has 2 aliphatic carbocycles. The molecule has 0 aromatic carbocycles. The third-order valence-corrected chi connectivity index (χ3v) is 5.73. The molecule has 2 fully saturated rings. The van der Waals surface area contributed by atoms with Crippen LogP contribution >= 0.6 is 11.8 Å². The van der Waals surface area contributed by atoms with Crippen molar-refractivity contribution in [3.05, 3.63) is 0 Å². The Kier molecular flexibility index (Phi) is 6.80. The van der Waals surface area contributed by atoms with Crippen LogP contribution in [-0.4, -0.2) is 23.6 Å². The summed E-state index contributed by atoms with van der Waals surface area (Å²) < 4.78 is 0. The van der Waals surface area contributed by atoms with Crippen molar-refractivity contribution in [1.82, 2.24) is 5.32 Å². The fourth-order valence-electron chi connectivity index (χ4n) is 3.17. The van der Waals surface area contributed by atoms with Crippen LogP contribution in [0.2, 0.25) is 0 Å². The minimum atomic E-state index is 0.850. The highest BCUT2D eigenvalue weighted by Crippen LogP contribution is 2.28. The van der Waals surface area contributed by atoms with E-state index in [9.17, 15) is 0 Å². The van der Waals surface area contributed by atoms with Crippen molar-refractivity contribution in [1.29, 1.82) is 0 Å². The maximum atomic E-state index is 3.75. The van der Waals surface area contributed by atoms with Crippen LogP contribution in [0.15, 0.2) is 0 Å². The summed E-state index contributed by atoms with van der Waals surface area (Å²) in [5, 5.41) is 4.74. The summed E-state index contributed by atoms with van der Waals surface area (Å²) >= 11 is 2.24. The van der Waals surface area contributed by atoms with Crippen molar-refractivity contribution in [3.8, 4) is 0 Å². The second kappa shape index (κ2) is 8.42. The predicted octanol–water partition coefficient (Wildman–Crippen LogP) is 4.36. The van der Waals surface area contributed by atoms with E-state index in [-0.39, 0.29) is 0 Å². The number of hydrogen-bond acceptors (Lipinski definition) is 2. The van der Waals surface area contributed by atoms with E-state index in [1.54, 1.807) is 0 Å². The number of hydrogen-bond donors (Lipinski definition) is 1. The maximum absolute atomic E-state index is 3.75. The van der Waals surface area contributed by atoms with E-state index < -0.39 is 0 Å². The molecule has 0 spiro atoms. The first-order chi connectivity index (χ1) is 8.45. The third kappa shape index (κ3) is 5.65. The van der Waals surface area contributed by atoms with Crippen LogP contribution in [0, 0.1) is 0 Å². The normalized spacial score (nSPS) is 24.0. The van der Waals surface area contributed by atoms with Gasteiger partial charge in [0.1, 0.15) is 0 Å². The lowest BCUT2D eigenvalue weighted by molar-refractivity contribution is 0.374. The summed E-state index contributed by atoms with van der Waals surface area (Å²) in [5.74, 6) is 1.38. The summed E-state index contributed by atoms with van der Waals surface area (Å²) in [5.41, 5.74) is 0. The molecule has 0 atom stereocenters. The summed E-state index contributed by atoms with van der Waals surface area (Å²) in [7, 11) is 0. The van der Waals surface area contributed by atoms with Crippen molar-refractivity contribution in [2.24, 2.45) is 0 Å². The molecule has 0 aliphatic heterocycles. The van der Waals surface area contributed by atoms with Gasteiger partial charge < -0.3 is 5.32 Å². The van der Waals surface area contributed by atoms with Gasteiger partial charge in [0, 0.05) is 11.3 Å².